The number of barbiturate groups is 1. The van der Waals surface area contributed by atoms with Gasteiger partial charge in [0.25, 0.3) is 5.91 Å². The van der Waals surface area contributed by atoms with Crippen LogP contribution in [-0.4, -0.2) is 24.1 Å². The van der Waals surface area contributed by atoms with Gasteiger partial charge in [-0.15, -0.1) is 0 Å². The topological polar surface area (TPSA) is 78.8 Å². The summed E-state index contributed by atoms with van der Waals surface area (Å²) in [5.74, 6) is -2.53. The molecule has 1 atom stereocenters. The summed E-state index contributed by atoms with van der Waals surface area (Å²) in [6, 6.07) is 12.7. The molecule has 8 heteroatoms. The molecule has 6 nitrogen and oxygen atoms in total. The standard InChI is InChI=1S/C17H11ClIN3O3/c18-10-1-5-12(6-2-10)20-9-14-15(23)21-17(25)22(16(14)24)13-7-3-11(19)4-8-13/h1-9,14H,(H,21,23,25)/t14-/m1/s1. The zero-order valence-corrected chi connectivity index (χ0v) is 15.6. The Morgan fingerprint density at radius 1 is 1.04 bits per heavy atom. The quantitative estimate of drug-likeness (QED) is 0.426. The number of halogens is 2. The predicted octanol–water partition coefficient (Wildman–Crippen LogP) is 3.55. The molecule has 3 rings (SSSR count). The van der Waals surface area contributed by atoms with Gasteiger partial charge in [-0.05, 0) is 71.1 Å². The lowest BCUT2D eigenvalue weighted by Crippen LogP contribution is -2.58. The third-order valence-electron chi connectivity index (χ3n) is 3.49. The molecule has 0 saturated carbocycles. The Kier molecular flexibility index (Phi) is 5.14. The van der Waals surface area contributed by atoms with Crippen molar-refractivity contribution >= 4 is 69.6 Å². The number of hydrogen-bond donors (Lipinski definition) is 1. The summed E-state index contributed by atoms with van der Waals surface area (Å²) < 4.78 is 0.961. The molecule has 0 bridgehead atoms. The molecule has 0 spiro atoms. The molecule has 0 aliphatic carbocycles. The second kappa shape index (κ2) is 7.32. The average molecular weight is 468 g/mol. The van der Waals surface area contributed by atoms with Gasteiger partial charge in [-0.3, -0.25) is 19.9 Å². The van der Waals surface area contributed by atoms with Crippen molar-refractivity contribution in [2.75, 3.05) is 4.90 Å². The highest BCUT2D eigenvalue weighted by Gasteiger charge is 2.40. The number of aliphatic imine (C=N–C) groups is 1. The Morgan fingerprint density at radius 2 is 1.68 bits per heavy atom. The molecule has 126 valence electrons. The molecule has 1 aliphatic rings. The maximum atomic E-state index is 12.6. The number of hydrogen-bond acceptors (Lipinski definition) is 4. The van der Waals surface area contributed by atoms with Crippen LogP contribution in [0.5, 0.6) is 0 Å². The minimum Gasteiger partial charge on any atom is -0.276 e. The van der Waals surface area contributed by atoms with Crippen molar-refractivity contribution in [3.05, 3.63) is 57.1 Å². The summed E-state index contributed by atoms with van der Waals surface area (Å²) in [6.45, 7) is 0. The molecule has 0 aromatic heterocycles. The zero-order valence-electron chi connectivity index (χ0n) is 12.6. The van der Waals surface area contributed by atoms with Crippen LogP contribution in [0.3, 0.4) is 0 Å². The monoisotopic (exact) mass is 467 g/mol. The predicted molar refractivity (Wildman–Crippen MR) is 103 cm³/mol. The second-order valence-corrected chi connectivity index (χ2v) is 6.86. The van der Waals surface area contributed by atoms with Crippen LogP contribution in [0.25, 0.3) is 0 Å². The van der Waals surface area contributed by atoms with Crippen LogP contribution in [0.15, 0.2) is 53.5 Å². The van der Waals surface area contributed by atoms with Crippen molar-refractivity contribution in [1.29, 1.82) is 0 Å². The lowest BCUT2D eigenvalue weighted by atomic mass is 10.1. The number of anilines is 1. The molecular weight excluding hydrogens is 457 g/mol. The number of amides is 4. The highest BCUT2D eigenvalue weighted by Crippen LogP contribution is 2.22. The Labute approximate surface area is 162 Å². The largest absolute Gasteiger partial charge is 0.335 e. The summed E-state index contributed by atoms with van der Waals surface area (Å²) in [7, 11) is 0. The Balaban J connectivity index is 1.87. The van der Waals surface area contributed by atoms with Gasteiger partial charge in [0.2, 0.25) is 5.91 Å². The highest BCUT2D eigenvalue weighted by atomic mass is 127. The highest BCUT2D eigenvalue weighted by molar-refractivity contribution is 14.1. The van der Waals surface area contributed by atoms with Crippen molar-refractivity contribution < 1.29 is 14.4 Å². The van der Waals surface area contributed by atoms with E-state index in [0.717, 1.165) is 8.47 Å². The maximum Gasteiger partial charge on any atom is 0.335 e. The first-order chi connectivity index (χ1) is 12.0. The van der Waals surface area contributed by atoms with Crippen LogP contribution < -0.4 is 10.2 Å². The number of carbonyl (C=O) groups excluding carboxylic acids is 3. The number of carbonyl (C=O) groups is 3. The number of nitrogens with one attached hydrogen (secondary N) is 1. The third-order valence-corrected chi connectivity index (χ3v) is 4.46. The van der Waals surface area contributed by atoms with E-state index in [0.29, 0.717) is 16.4 Å². The molecule has 2 aromatic carbocycles. The number of nitrogens with zero attached hydrogens (tertiary/aromatic N) is 2. The minimum absolute atomic E-state index is 0.389. The minimum atomic E-state index is -1.19. The molecule has 1 fully saturated rings. The van der Waals surface area contributed by atoms with Gasteiger partial charge in [0.05, 0.1) is 11.4 Å². The lowest BCUT2D eigenvalue weighted by Gasteiger charge is -2.28. The number of imide groups is 2. The fraction of sp³-hybridized carbons (Fsp3) is 0.0588. The second-order valence-electron chi connectivity index (χ2n) is 5.18. The third kappa shape index (κ3) is 3.88. The van der Waals surface area contributed by atoms with Crippen LogP contribution in [0.1, 0.15) is 0 Å². The van der Waals surface area contributed by atoms with E-state index in [-0.39, 0.29) is 0 Å². The number of benzene rings is 2. The summed E-state index contributed by atoms with van der Waals surface area (Å²) in [6.07, 6.45) is 1.23. The first kappa shape index (κ1) is 17.6. The van der Waals surface area contributed by atoms with Crippen molar-refractivity contribution in [1.82, 2.24) is 5.32 Å². The van der Waals surface area contributed by atoms with E-state index in [1.165, 1.54) is 6.21 Å². The summed E-state index contributed by atoms with van der Waals surface area (Å²) in [5.41, 5.74) is 0.933. The van der Waals surface area contributed by atoms with E-state index in [4.69, 9.17) is 11.6 Å². The van der Waals surface area contributed by atoms with Crippen LogP contribution in [-0.2, 0) is 9.59 Å². The van der Waals surface area contributed by atoms with Gasteiger partial charge in [-0.25, -0.2) is 9.69 Å². The van der Waals surface area contributed by atoms with E-state index in [1.807, 2.05) is 0 Å². The SMILES string of the molecule is O=C1NC(=O)N(c2ccc(I)cc2)C(=O)[C@@H]1C=Nc1ccc(Cl)cc1. The maximum absolute atomic E-state index is 12.6. The normalized spacial score (nSPS) is 17.9. The van der Waals surface area contributed by atoms with Crippen LogP contribution in [0.4, 0.5) is 16.2 Å². The summed E-state index contributed by atoms with van der Waals surface area (Å²) >= 11 is 7.92. The van der Waals surface area contributed by atoms with E-state index in [1.54, 1.807) is 48.5 Å². The van der Waals surface area contributed by atoms with Crippen LogP contribution in [0.2, 0.25) is 5.02 Å². The van der Waals surface area contributed by atoms with Crippen molar-refractivity contribution in [2.45, 2.75) is 0 Å². The molecule has 0 unspecified atom stereocenters. The molecular formula is C17H11ClIN3O3. The number of rotatable bonds is 3. The van der Waals surface area contributed by atoms with E-state index < -0.39 is 23.8 Å². The summed E-state index contributed by atoms with van der Waals surface area (Å²) in [5, 5.41) is 2.74. The fourth-order valence-electron chi connectivity index (χ4n) is 2.24. The Hall–Kier alpha value is -2.26. The van der Waals surface area contributed by atoms with E-state index >= 15 is 0 Å². The summed E-state index contributed by atoms with van der Waals surface area (Å²) in [4.78, 5) is 41.8. The van der Waals surface area contributed by atoms with Crippen LogP contribution >= 0.6 is 34.2 Å². The smallest absolute Gasteiger partial charge is 0.276 e. The van der Waals surface area contributed by atoms with Gasteiger partial charge in [0, 0.05) is 14.8 Å². The fourth-order valence-corrected chi connectivity index (χ4v) is 2.73. The molecule has 1 aliphatic heterocycles. The van der Waals surface area contributed by atoms with Crippen molar-refractivity contribution in [2.24, 2.45) is 10.9 Å². The molecule has 1 saturated heterocycles. The van der Waals surface area contributed by atoms with E-state index in [9.17, 15) is 14.4 Å². The molecule has 25 heavy (non-hydrogen) atoms. The molecule has 1 heterocycles. The Morgan fingerprint density at radius 3 is 2.32 bits per heavy atom. The first-order valence-electron chi connectivity index (χ1n) is 7.20. The molecule has 2 aromatic rings. The molecule has 1 N–H and O–H groups in total. The van der Waals surface area contributed by atoms with Gasteiger partial charge < -0.3 is 0 Å². The zero-order chi connectivity index (χ0) is 18.0. The van der Waals surface area contributed by atoms with Crippen molar-refractivity contribution in [3.8, 4) is 0 Å². The Bertz CT molecular complexity index is 866. The van der Waals surface area contributed by atoms with Gasteiger partial charge in [-0.1, -0.05) is 11.6 Å². The average Bonchev–Trinajstić information content (AvgIpc) is 2.57. The molecule has 0 radical (unpaired) electrons. The van der Waals surface area contributed by atoms with Crippen molar-refractivity contribution in [3.63, 3.8) is 0 Å². The first-order valence-corrected chi connectivity index (χ1v) is 8.65. The number of urea groups is 1. The van der Waals surface area contributed by atoms with Gasteiger partial charge >= 0.3 is 6.03 Å². The lowest BCUT2D eigenvalue weighted by molar-refractivity contribution is -0.131. The van der Waals surface area contributed by atoms with Crippen LogP contribution in [0, 0.1) is 9.49 Å². The molecule has 4 amide bonds. The van der Waals surface area contributed by atoms with Gasteiger partial charge in [0.1, 0.15) is 0 Å². The van der Waals surface area contributed by atoms with E-state index in [2.05, 4.69) is 32.9 Å². The van der Waals surface area contributed by atoms with Gasteiger partial charge in [0.15, 0.2) is 5.92 Å². The van der Waals surface area contributed by atoms with Gasteiger partial charge in [-0.2, -0.15) is 0 Å².